The fourth-order valence-electron chi connectivity index (χ4n) is 3.70. The molecule has 0 radical (unpaired) electrons. The largest absolute Gasteiger partial charge is 0.490 e. The van der Waals surface area contributed by atoms with Gasteiger partial charge in [0, 0.05) is 18.2 Å². The zero-order chi connectivity index (χ0) is 21.0. The van der Waals surface area contributed by atoms with Crippen molar-refractivity contribution in [2.24, 2.45) is 0 Å². The second-order valence-electron chi connectivity index (χ2n) is 6.19. The Balaban J connectivity index is 2.62. The van der Waals surface area contributed by atoms with E-state index in [1.807, 2.05) is 0 Å². The fraction of sp³-hybridized carbons (Fsp3) is 0.294. The molecule has 0 atom stereocenters. The highest BCUT2D eigenvalue weighted by Crippen LogP contribution is 2.60. The van der Waals surface area contributed by atoms with Gasteiger partial charge in [0.1, 0.15) is 10.6 Å². The minimum Gasteiger partial charge on any atom is -0.490 e. The summed E-state index contributed by atoms with van der Waals surface area (Å²) in [6.07, 6.45) is 0. The van der Waals surface area contributed by atoms with Gasteiger partial charge in [0.15, 0.2) is 0 Å². The van der Waals surface area contributed by atoms with Gasteiger partial charge in [0.05, 0.1) is 24.1 Å². The Labute approximate surface area is 159 Å². The molecule has 0 aliphatic carbocycles. The number of ether oxygens (including phenoxy) is 2. The number of aryl methyl sites for hydroxylation is 2. The third-order valence-corrected chi connectivity index (χ3v) is 7.33. The minimum atomic E-state index is -4.18. The van der Waals surface area contributed by atoms with Gasteiger partial charge in [-0.3, -0.25) is 24.8 Å². The lowest BCUT2D eigenvalue weighted by Crippen LogP contribution is -2.19. The van der Waals surface area contributed by atoms with Crippen LogP contribution in [0.3, 0.4) is 0 Å². The molecule has 0 saturated heterocycles. The average molecular weight is 408 g/mol. The maximum atomic E-state index is 13.9. The Morgan fingerprint density at radius 3 is 1.43 bits per heavy atom. The Bertz CT molecular complexity index is 1010. The van der Waals surface area contributed by atoms with E-state index in [0.29, 0.717) is 11.1 Å². The Kier molecular flexibility index (Phi) is 4.64. The molecule has 1 aliphatic rings. The fourth-order valence-corrected chi connectivity index (χ4v) is 6.22. The molecule has 0 N–H and O–H groups in total. The lowest BCUT2D eigenvalue weighted by Gasteiger charge is -2.15. The van der Waals surface area contributed by atoms with Crippen LogP contribution in [0.25, 0.3) is 11.1 Å². The van der Waals surface area contributed by atoms with Crippen molar-refractivity contribution in [3.63, 3.8) is 0 Å². The number of nitrogens with zero attached hydrogens (tertiary/aromatic N) is 2. The zero-order valence-electron chi connectivity index (χ0n) is 15.8. The molecule has 0 spiro atoms. The summed E-state index contributed by atoms with van der Waals surface area (Å²) in [7, 11) is -0.552. The number of methoxy groups -OCH3 is 2. The van der Waals surface area contributed by atoms with Crippen LogP contribution in [0.2, 0.25) is 0 Å². The summed E-state index contributed by atoms with van der Waals surface area (Å²) in [4.78, 5) is 22.3. The zero-order valence-corrected chi connectivity index (χ0v) is 16.7. The number of rotatable bonds is 5. The Hall–Kier alpha value is -2.97. The molecule has 2 aromatic carbocycles. The predicted octanol–water partition coefficient (Wildman–Crippen LogP) is 2.99. The molecule has 1 heterocycles. The lowest BCUT2D eigenvalue weighted by atomic mass is 9.99. The smallest absolute Gasteiger partial charge is 0.325 e. The molecule has 11 heteroatoms. The van der Waals surface area contributed by atoms with Gasteiger partial charge in [-0.1, -0.05) is 0 Å². The van der Waals surface area contributed by atoms with Crippen LogP contribution in [0.5, 0.6) is 11.5 Å². The second-order valence-corrected chi connectivity index (χ2v) is 8.55. The molecule has 0 unspecified atom stereocenters. The summed E-state index contributed by atoms with van der Waals surface area (Å²) in [6, 6.07) is 3.13. The average Bonchev–Trinajstić information content (AvgIpc) is 2.87. The van der Waals surface area contributed by atoms with Gasteiger partial charge < -0.3 is 14.0 Å². The first kappa shape index (κ1) is 19.8. The van der Waals surface area contributed by atoms with Gasteiger partial charge in [-0.2, -0.15) is 0 Å². The molecule has 0 saturated carbocycles. The maximum Gasteiger partial charge on any atom is 0.325 e. The molecular weight excluding hydrogens is 391 g/mol. The van der Waals surface area contributed by atoms with Crippen LogP contribution < -0.4 is 20.1 Å². The third-order valence-electron chi connectivity index (χ3n) is 4.74. The summed E-state index contributed by atoms with van der Waals surface area (Å²) in [5.41, 5.74) is 0.312. The highest BCUT2D eigenvalue weighted by molar-refractivity contribution is 7.76. The van der Waals surface area contributed by atoms with E-state index >= 15 is 0 Å². The molecule has 2 aromatic rings. The van der Waals surface area contributed by atoms with Crippen molar-refractivity contribution in [1.29, 1.82) is 0 Å². The minimum absolute atomic E-state index is 0.0693. The first-order valence-electron chi connectivity index (χ1n) is 8.03. The van der Waals surface area contributed by atoms with Crippen molar-refractivity contribution < 1.29 is 28.4 Å². The molecule has 148 valence electrons. The molecule has 28 heavy (non-hydrogen) atoms. The van der Waals surface area contributed by atoms with Crippen LogP contribution in [0.1, 0.15) is 11.1 Å². The van der Waals surface area contributed by atoms with Gasteiger partial charge in [0.25, 0.3) is 7.37 Å². The predicted molar refractivity (Wildman–Crippen MR) is 102 cm³/mol. The van der Waals surface area contributed by atoms with E-state index in [4.69, 9.17) is 14.0 Å². The highest BCUT2D eigenvalue weighted by atomic mass is 31.2. The van der Waals surface area contributed by atoms with Crippen molar-refractivity contribution in [2.75, 3.05) is 21.3 Å². The van der Waals surface area contributed by atoms with E-state index < -0.39 is 28.6 Å². The van der Waals surface area contributed by atoms with E-state index in [0.717, 1.165) is 7.11 Å². The maximum absolute atomic E-state index is 13.9. The van der Waals surface area contributed by atoms with Crippen molar-refractivity contribution >= 4 is 29.4 Å². The van der Waals surface area contributed by atoms with E-state index in [1.165, 1.54) is 14.2 Å². The lowest BCUT2D eigenvalue weighted by molar-refractivity contribution is -0.384. The molecule has 0 aromatic heterocycles. The summed E-state index contributed by atoms with van der Waals surface area (Å²) in [6.45, 7) is 3.21. The highest BCUT2D eigenvalue weighted by Gasteiger charge is 2.52. The van der Waals surface area contributed by atoms with Crippen molar-refractivity contribution in [2.45, 2.75) is 13.8 Å². The Morgan fingerprint density at radius 1 is 0.821 bits per heavy atom. The summed E-state index contributed by atoms with van der Waals surface area (Å²) < 4.78 is 29.5. The van der Waals surface area contributed by atoms with Gasteiger partial charge >= 0.3 is 11.4 Å². The normalized spacial score (nSPS) is 13.6. The molecule has 0 bridgehead atoms. The Morgan fingerprint density at radius 2 is 1.18 bits per heavy atom. The van der Waals surface area contributed by atoms with Crippen LogP contribution in [-0.4, -0.2) is 31.2 Å². The van der Waals surface area contributed by atoms with Crippen molar-refractivity contribution in [3.05, 3.63) is 43.5 Å². The summed E-state index contributed by atoms with van der Waals surface area (Å²) in [5.74, 6) is -0.139. The van der Waals surface area contributed by atoms with Crippen LogP contribution >= 0.6 is 7.37 Å². The number of benzene rings is 2. The van der Waals surface area contributed by atoms with Crippen LogP contribution in [0.4, 0.5) is 11.4 Å². The summed E-state index contributed by atoms with van der Waals surface area (Å²) >= 11 is 0. The number of hydrogen-bond donors (Lipinski definition) is 0. The number of nitro groups is 2. The van der Waals surface area contributed by atoms with E-state index in [9.17, 15) is 24.8 Å². The first-order chi connectivity index (χ1) is 13.1. The van der Waals surface area contributed by atoms with Gasteiger partial charge in [-0.25, -0.2) is 0 Å². The molecule has 3 rings (SSSR count). The quantitative estimate of drug-likeness (QED) is 0.419. The van der Waals surface area contributed by atoms with E-state index in [-0.39, 0.29) is 33.2 Å². The molecule has 0 fully saturated rings. The molecule has 10 nitrogen and oxygen atoms in total. The third kappa shape index (κ3) is 2.42. The second kappa shape index (κ2) is 6.57. The van der Waals surface area contributed by atoms with Crippen LogP contribution in [0, 0.1) is 34.1 Å². The number of fused-ring (bicyclic) bond motifs is 3. The molecule has 1 aliphatic heterocycles. The summed E-state index contributed by atoms with van der Waals surface area (Å²) in [5, 5.41) is 23.3. The van der Waals surface area contributed by atoms with Crippen LogP contribution in [-0.2, 0) is 9.09 Å². The monoisotopic (exact) mass is 408 g/mol. The van der Waals surface area contributed by atoms with E-state index in [1.54, 1.807) is 26.0 Å². The van der Waals surface area contributed by atoms with Gasteiger partial charge in [-0.05, 0) is 37.1 Å². The molecule has 0 amide bonds. The number of hydrogen-bond acceptors (Lipinski definition) is 8. The SMILES string of the molecule is COc1c(C)cc2c(c1[N+](=O)[O-])P(=O)(OC)c1c-2cc(C)c(OC)c1[N+](=O)[O-]. The standard InChI is InChI=1S/C17H17N2O8P/c1-8-6-10-11-7-9(2)15(26-4)13(19(22)23)17(11)28(24,27-5)16(10)12(18(20)21)14(8)25-3/h6-7H,1-5H3. The van der Waals surface area contributed by atoms with Gasteiger partial charge in [-0.15, -0.1) is 0 Å². The van der Waals surface area contributed by atoms with Crippen LogP contribution in [0.15, 0.2) is 12.1 Å². The number of nitro benzene ring substituents is 2. The van der Waals surface area contributed by atoms with Crippen molar-refractivity contribution in [3.8, 4) is 22.6 Å². The van der Waals surface area contributed by atoms with E-state index in [2.05, 4.69) is 0 Å². The van der Waals surface area contributed by atoms with Gasteiger partial charge in [0.2, 0.25) is 11.5 Å². The van der Waals surface area contributed by atoms with Crippen molar-refractivity contribution in [1.82, 2.24) is 0 Å². The molecular formula is C17H17N2O8P. The topological polar surface area (TPSA) is 131 Å². The first-order valence-corrected chi connectivity index (χ1v) is 9.65.